The summed E-state index contributed by atoms with van der Waals surface area (Å²) in [5, 5.41) is 6.77. The van der Waals surface area contributed by atoms with Crippen LogP contribution in [0.25, 0.3) is 11.1 Å². The molecule has 0 spiro atoms. The van der Waals surface area contributed by atoms with Crippen molar-refractivity contribution in [2.24, 2.45) is 7.05 Å². The number of rotatable bonds is 4. The van der Waals surface area contributed by atoms with E-state index in [0.717, 1.165) is 17.3 Å². The molecule has 1 amide bonds. The van der Waals surface area contributed by atoms with Crippen molar-refractivity contribution in [3.8, 4) is 11.1 Å². The van der Waals surface area contributed by atoms with Gasteiger partial charge in [-0.15, -0.1) is 0 Å². The fourth-order valence-corrected chi connectivity index (χ4v) is 2.13. The first-order valence-electron chi connectivity index (χ1n) is 6.94. The van der Waals surface area contributed by atoms with E-state index >= 15 is 0 Å². The molecule has 6 nitrogen and oxygen atoms in total. The average molecular weight is 311 g/mol. The van der Waals surface area contributed by atoms with Crippen LogP contribution in [-0.2, 0) is 18.3 Å². The molecule has 3 aromatic heterocycles. The number of amides is 1. The van der Waals surface area contributed by atoms with Crippen molar-refractivity contribution in [1.29, 1.82) is 0 Å². The Balaban J connectivity index is 1.65. The summed E-state index contributed by atoms with van der Waals surface area (Å²) in [5.74, 6) is -0.305. The standard InChI is InChI=1S/C16H14FN5O/c1-22-10-13(8-20-22)12-2-3-15(19-7-12)21-16(23)5-11-4-14(17)9-18-6-11/h2-4,6-10H,5H2,1H3,(H,19,21,23). The second-order valence-electron chi connectivity index (χ2n) is 5.07. The van der Waals surface area contributed by atoms with Crippen LogP contribution in [0.4, 0.5) is 10.2 Å². The van der Waals surface area contributed by atoms with Gasteiger partial charge in [0.25, 0.3) is 0 Å². The minimum absolute atomic E-state index is 0.0385. The van der Waals surface area contributed by atoms with Crippen LogP contribution in [0.1, 0.15) is 5.56 Å². The molecule has 0 aliphatic heterocycles. The zero-order chi connectivity index (χ0) is 16.2. The molecular weight excluding hydrogens is 297 g/mol. The van der Waals surface area contributed by atoms with Crippen molar-refractivity contribution >= 4 is 11.7 Å². The largest absolute Gasteiger partial charge is 0.310 e. The van der Waals surface area contributed by atoms with Gasteiger partial charge in [0.05, 0.1) is 18.8 Å². The molecule has 3 heterocycles. The summed E-state index contributed by atoms with van der Waals surface area (Å²) < 4.78 is 14.7. The van der Waals surface area contributed by atoms with Gasteiger partial charge >= 0.3 is 0 Å². The van der Waals surface area contributed by atoms with Crippen molar-refractivity contribution in [2.45, 2.75) is 6.42 Å². The highest BCUT2D eigenvalue weighted by Crippen LogP contribution is 2.18. The minimum atomic E-state index is -0.464. The van der Waals surface area contributed by atoms with Gasteiger partial charge in [-0.1, -0.05) is 0 Å². The number of nitrogens with zero attached hydrogens (tertiary/aromatic N) is 4. The Bertz CT molecular complexity index is 828. The number of aromatic nitrogens is 4. The molecule has 0 aromatic carbocycles. The van der Waals surface area contributed by atoms with Gasteiger partial charge in [-0.2, -0.15) is 5.10 Å². The Morgan fingerprint density at radius 1 is 1.22 bits per heavy atom. The van der Waals surface area contributed by atoms with Crippen molar-refractivity contribution in [2.75, 3.05) is 5.32 Å². The highest BCUT2D eigenvalue weighted by Gasteiger charge is 2.07. The molecule has 116 valence electrons. The number of hydrogen-bond donors (Lipinski definition) is 1. The topological polar surface area (TPSA) is 72.7 Å². The molecule has 0 radical (unpaired) electrons. The van der Waals surface area contributed by atoms with Crippen molar-refractivity contribution in [1.82, 2.24) is 19.7 Å². The van der Waals surface area contributed by atoms with Gasteiger partial charge in [-0.3, -0.25) is 14.5 Å². The third-order valence-corrected chi connectivity index (χ3v) is 3.20. The zero-order valence-electron chi connectivity index (χ0n) is 12.4. The first-order chi connectivity index (χ1) is 11.1. The highest BCUT2D eigenvalue weighted by atomic mass is 19.1. The predicted molar refractivity (Wildman–Crippen MR) is 83.0 cm³/mol. The quantitative estimate of drug-likeness (QED) is 0.801. The number of carbonyl (C=O) groups excluding carboxylic acids is 1. The summed E-state index contributed by atoms with van der Waals surface area (Å²) in [5.41, 5.74) is 2.36. The fourth-order valence-electron chi connectivity index (χ4n) is 2.13. The van der Waals surface area contributed by atoms with Crippen molar-refractivity contribution in [3.05, 3.63) is 60.6 Å². The molecule has 1 N–H and O–H groups in total. The van der Waals surface area contributed by atoms with Crippen LogP contribution < -0.4 is 5.32 Å². The molecule has 0 aliphatic carbocycles. The highest BCUT2D eigenvalue weighted by molar-refractivity contribution is 5.91. The number of aryl methyl sites for hydroxylation is 1. The number of carbonyl (C=O) groups is 1. The number of halogens is 1. The molecule has 0 aliphatic rings. The molecule has 23 heavy (non-hydrogen) atoms. The Hall–Kier alpha value is -3.09. The first kappa shape index (κ1) is 14.8. The molecule has 3 aromatic rings. The lowest BCUT2D eigenvalue weighted by molar-refractivity contribution is -0.115. The molecule has 0 saturated heterocycles. The Labute approximate surface area is 132 Å². The fraction of sp³-hybridized carbons (Fsp3) is 0.125. The molecule has 0 fully saturated rings. The second kappa shape index (κ2) is 6.35. The van der Waals surface area contributed by atoms with Crippen LogP contribution in [0.3, 0.4) is 0 Å². The van der Waals surface area contributed by atoms with Gasteiger partial charge in [0.2, 0.25) is 5.91 Å². The van der Waals surface area contributed by atoms with E-state index in [1.807, 2.05) is 19.3 Å². The summed E-state index contributed by atoms with van der Waals surface area (Å²) >= 11 is 0. The minimum Gasteiger partial charge on any atom is -0.310 e. The van der Waals surface area contributed by atoms with E-state index in [9.17, 15) is 9.18 Å². The van der Waals surface area contributed by atoms with Gasteiger partial charge in [-0.05, 0) is 23.8 Å². The van der Waals surface area contributed by atoms with Crippen LogP contribution >= 0.6 is 0 Å². The maximum Gasteiger partial charge on any atom is 0.230 e. The third-order valence-electron chi connectivity index (χ3n) is 3.20. The van der Waals surface area contributed by atoms with Crippen molar-refractivity contribution < 1.29 is 9.18 Å². The average Bonchev–Trinajstić information content (AvgIpc) is 2.94. The predicted octanol–water partition coefficient (Wildman–Crippen LogP) is 2.20. The van der Waals surface area contributed by atoms with Crippen LogP contribution in [0, 0.1) is 5.82 Å². The molecule has 0 unspecified atom stereocenters. The number of nitrogens with one attached hydrogen (secondary N) is 1. The number of hydrogen-bond acceptors (Lipinski definition) is 4. The number of anilines is 1. The van der Waals surface area contributed by atoms with Gasteiger partial charge in [0.1, 0.15) is 11.6 Å². The van der Waals surface area contributed by atoms with Gasteiger partial charge in [0, 0.05) is 36.8 Å². The monoisotopic (exact) mass is 311 g/mol. The summed E-state index contributed by atoms with van der Waals surface area (Å²) in [4.78, 5) is 19.9. The summed E-state index contributed by atoms with van der Waals surface area (Å²) in [6.07, 6.45) is 7.88. The van der Waals surface area contributed by atoms with E-state index < -0.39 is 5.82 Å². The van der Waals surface area contributed by atoms with Crippen LogP contribution in [0.5, 0.6) is 0 Å². The van der Waals surface area contributed by atoms with Crippen molar-refractivity contribution in [3.63, 3.8) is 0 Å². The lowest BCUT2D eigenvalue weighted by Crippen LogP contribution is -2.15. The van der Waals surface area contributed by atoms with Gasteiger partial charge in [0.15, 0.2) is 0 Å². The maximum absolute atomic E-state index is 13.0. The van der Waals surface area contributed by atoms with Gasteiger partial charge in [-0.25, -0.2) is 9.37 Å². The van der Waals surface area contributed by atoms with E-state index in [1.54, 1.807) is 23.1 Å². The van der Waals surface area contributed by atoms with E-state index in [1.165, 1.54) is 12.3 Å². The molecular formula is C16H14FN5O. The maximum atomic E-state index is 13.0. The Kier molecular flexibility index (Phi) is 4.09. The lowest BCUT2D eigenvalue weighted by Gasteiger charge is -2.05. The molecule has 7 heteroatoms. The molecule has 0 atom stereocenters. The second-order valence-corrected chi connectivity index (χ2v) is 5.07. The molecule has 3 rings (SSSR count). The number of pyridine rings is 2. The summed E-state index contributed by atoms with van der Waals surface area (Å²) in [6, 6.07) is 4.85. The van der Waals surface area contributed by atoms with Gasteiger partial charge < -0.3 is 5.32 Å². The van der Waals surface area contributed by atoms with E-state index in [4.69, 9.17) is 0 Å². The van der Waals surface area contributed by atoms with E-state index in [-0.39, 0.29) is 12.3 Å². The lowest BCUT2D eigenvalue weighted by atomic mass is 10.1. The Morgan fingerprint density at radius 2 is 2.09 bits per heavy atom. The summed E-state index contributed by atoms with van der Waals surface area (Å²) in [7, 11) is 1.84. The first-order valence-corrected chi connectivity index (χ1v) is 6.94. The normalized spacial score (nSPS) is 10.5. The third kappa shape index (κ3) is 3.76. The zero-order valence-corrected chi connectivity index (χ0v) is 12.4. The van der Waals surface area contributed by atoms with Crippen LogP contribution in [-0.4, -0.2) is 25.7 Å². The van der Waals surface area contributed by atoms with Crippen LogP contribution in [0.15, 0.2) is 49.2 Å². The van der Waals surface area contributed by atoms with E-state index in [0.29, 0.717) is 11.4 Å². The molecule has 0 bridgehead atoms. The van der Waals surface area contributed by atoms with E-state index in [2.05, 4.69) is 20.4 Å². The summed E-state index contributed by atoms with van der Waals surface area (Å²) in [6.45, 7) is 0. The molecule has 0 saturated carbocycles. The smallest absolute Gasteiger partial charge is 0.230 e. The SMILES string of the molecule is Cn1cc(-c2ccc(NC(=O)Cc3cncc(F)c3)nc2)cn1. The Morgan fingerprint density at radius 3 is 2.74 bits per heavy atom. The van der Waals surface area contributed by atoms with Crippen LogP contribution in [0.2, 0.25) is 0 Å².